The van der Waals surface area contributed by atoms with Crippen LogP contribution < -0.4 is 0 Å². The van der Waals surface area contributed by atoms with Gasteiger partial charge in [-0.2, -0.15) is 4.98 Å². The number of nitrogens with zero attached hydrogens (tertiary/aromatic N) is 3. The van der Waals surface area contributed by atoms with Crippen LogP contribution in [0.4, 0.5) is 4.39 Å². The summed E-state index contributed by atoms with van der Waals surface area (Å²) in [4.78, 5) is 7.12. The van der Waals surface area contributed by atoms with Crippen molar-refractivity contribution in [1.82, 2.24) is 19.7 Å². The van der Waals surface area contributed by atoms with Gasteiger partial charge >= 0.3 is 0 Å². The maximum atomic E-state index is 13.1. The molecule has 0 amide bonds. The molecule has 0 fully saturated rings. The largest absolute Gasteiger partial charge is 0.339 e. The second-order valence-corrected chi connectivity index (χ2v) is 4.62. The molecule has 0 spiro atoms. The highest BCUT2D eigenvalue weighted by Crippen LogP contribution is 2.16. The smallest absolute Gasteiger partial charge is 0.228 e. The molecule has 5 nitrogen and oxygen atoms in total. The van der Waals surface area contributed by atoms with Crippen LogP contribution in [0.25, 0.3) is 11.0 Å². The summed E-state index contributed by atoms with van der Waals surface area (Å²) in [5.41, 5.74) is 1.55. The maximum absolute atomic E-state index is 13.1. The van der Waals surface area contributed by atoms with E-state index < -0.39 is 0 Å². The number of benzene rings is 1. The molecule has 0 bridgehead atoms. The van der Waals surface area contributed by atoms with Gasteiger partial charge in [0.2, 0.25) is 5.89 Å². The van der Waals surface area contributed by atoms with Gasteiger partial charge in [-0.1, -0.05) is 5.16 Å². The molecular formula is C12H11FN4OS. The Morgan fingerprint density at radius 1 is 1.47 bits per heavy atom. The summed E-state index contributed by atoms with van der Waals surface area (Å²) >= 11 is 5.24. The summed E-state index contributed by atoms with van der Waals surface area (Å²) < 4.78 is 20.6. The fourth-order valence-electron chi connectivity index (χ4n) is 2.01. The molecule has 1 N–H and O–H groups in total. The van der Waals surface area contributed by atoms with Gasteiger partial charge in [-0.3, -0.25) is 0 Å². The predicted octanol–water partition coefficient (Wildman–Crippen LogP) is 2.77. The van der Waals surface area contributed by atoms with Gasteiger partial charge in [0.15, 0.2) is 10.6 Å². The number of aromatic nitrogens is 4. The number of aromatic amines is 1. The Labute approximate surface area is 113 Å². The third-order valence-electron chi connectivity index (χ3n) is 2.86. The van der Waals surface area contributed by atoms with E-state index in [-0.39, 0.29) is 5.82 Å². The molecule has 7 heteroatoms. The number of hydrogen-bond donors (Lipinski definition) is 1. The van der Waals surface area contributed by atoms with Gasteiger partial charge < -0.3 is 14.1 Å². The zero-order valence-electron chi connectivity index (χ0n) is 10.2. The molecule has 0 saturated heterocycles. The minimum absolute atomic E-state index is 0.288. The summed E-state index contributed by atoms with van der Waals surface area (Å²) in [6.07, 6.45) is 0.583. The summed E-state index contributed by atoms with van der Waals surface area (Å²) in [5.74, 6) is 0.888. The highest BCUT2D eigenvalue weighted by molar-refractivity contribution is 7.71. The Balaban J connectivity index is 1.92. The number of halogens is 1. The molecule has 0 aliphatic rings. The van der Waals surface area contributed by atoms with Crippen LogP contribution in [0, 0.1) is 17.5 Å². The molecule has 1 aromatic carbocycles. The van der Waals surface area contributed by atoms with Crippen molar-refractivity contribution in [1.29, 1.82) is 0 Å². The van der Waals surface area contributed by atoms with Crippen LogP contribution in [0.3, 0.4) is 0 Å². The molecule has 3 aromatic rings. The van der Waals surface area contributed by atoms with Crippen molar-refractivity contribution in [2.45, 2.75) is 19.9 Å². The number of H-pyrrole nitrogens is 1. The molecule has 19 heavy (non-hydrogen) atoms. The molecular weight excluding hydrogens is 267 g/mol. The Hall–Kier alpha value is -2.02. The van der Waals surface area contributed by atoms with Crippen LogP contribution in [-0.2, 0) is 13.0 Å². The van der Waals surface area contributed by atoms with E-state index in [1.165, 1.54) is 12.1 Å². The molecule has 3 rings (SSSR count). The van der Waals surface area contributed by atoms with E-state index in [1.807, 2.05) is 4.57 Å². The second-order valence-electron chi connectivity index (χ2n) is 4.23. The molecule has 2 aromatic heterocycles. The quantitative estimate of drug-likeness (QED) is 0.748. The first-order chi connectivity index (χ1) is 9.13. The molecule has 0 radical (unpaired) electrons. The van der Waals surface area contributed by atoms with E-state index in [0.29, 0.717) is 35.0 Å². The van der Waals surface area contributed by atoms with Crippen LogP contribution in [0.2, 0.25) is 0 Å². The highest BCUT2D eigenvalue weighted by Gasteiger charge is 2.08. The topological polar surface area (TPSA) is 59.6 Å². The average Bonchev–Trinajstić information content (AvgIpc) is 2.89. The first-order valence-corrected chi connectivity index (χ1v) is 6.21. The fraction of sp³-hybridized carbons (Fsp3) is 0.250. The SMILES string of the molecule is Cc1noc(CCn2c(=S)[nH]c3cc(F)ccc32)n1. The van der Waals surface area contributed by atoms with Crippen LogP contribution >= 0.6 is 12.2 Å². The van der Waals surface area contributed by atoms with Crippen molar-refractivity contribution < 1.29 is 8.91 Å². The van der Waals surface area contributed by atoms with Gasteiger partial charge in [-0.05, 0) is 37.3 Å². The lowest BCUT2D eigenvalue weighted by molar-refractivity contribution is 0.369. The van der Waals surface area contributed by atoms with Crippen molar-refractivity contribution in [2.75, 3.05) is 0 Å². The van der Waals surface area contributed by atoms with Gasteiger partial charge in [0.1, 0.15) is 5.82 Å². The van der Waals surface area contributed by atoms with Crippen molar-refractivity contribution in [3.8, 4) is 0 Å². The first-order valence-electron chi connectivity index (χ1n) is 5.81. The van der Waals surface area contributed by atoms with Crippen LogP contribution in [0.15, 0.2) is 22.7 Å². The minimum atomic E-state index is -0.288. The normalized spacial score (nSPS) is 11.3. The Kier molecular flexibility index (Phi) is 2.90. The van der Waals surface area contributed by atoms with E-state index in [0.717, 1.165) is 5.52 Å². The standard InChI is InChI=1S/C12H11FN4OS/c1-7-14-11(18-16-7)4-5-17-10-3-2-8(13)6-9(10)15-12(17)19/h2-3,6H,4-5H2,1H3,(H,15,19). The van der Waals surface area contributed by atoms with Crippen molar-refractivity contribution in [3.05, 3.63) is 40.5 Å². The second kappa shape index (κ2) is 4.58. The summed E-state index contributed by atoms with van der Waals surface area (Å²) in [6.45, 7) is 2.37. The van der Waals surface area contributed by atoms with E-state index in [1.54, 1.807) is 13.0 Å². The Bertz CT molecular complexity index is 788. The fourth-order valence-corrected chi connectivity index (χ4v) is 2.31. The van der Waals surface area contributed by atoms with Crippen molar-refractivity contribution >= 4 is 23.3 Å². The molecule has 0 atom stereocenters. The van der Waals surface area contributed by atoms with E-state index in [9.17, 15) is 4.39 Å². The zero-order chi connectivity index (χ0) is 13.4. The monoisotopic (exact) mass is 278 g/mol. The third-order valence-corrected chi connectivity index (χ3v) is 3.18. The molecule has 2 heterocycles. The highest BCUT2D eigenvalue weighted by atomic mass is 32.1. The van der Waals surface area contributed by atoms with Gasteiger partial charge in [0.05, 0.1) is 11.0 Å². The molecule has 0 unspecified atom stereocenters. The van der Waals surface area contributed by atoms with Crippen LogP contribution in [0.5, 0.6) is 0 Å². The number of hydrogen-bond acceptors (Lipinski definition) is 4. The lowest BCUT2D eigenvalue weighted by atomic mass is 10.3. The predicted molar refractivity (Wildman–Crippen MR) is 69.8 cm³/mol. The number of fused-ring (bicyclic) bond motifs is 1. The van der Waals surface area contributed by atoms with Gasteiger partial charge in [0.25, 0.3) is 0 Å². The maximum Gasteiger partial charge on any atom is 0.228 e. The third kappa shape index (κ3) is 2.28. The average molecular weight is 278 g/mol. The van der Waals surface area contributed by atoms with Gasteiger partial charge in [-0.25, -0.2) is 4.39 Å². The van der Waals surface area contributed by atoms with Gasteiger partial charge in [0, 0.05) is 13.0 Å². The Morgan fingerprint density at radius 2 is 2.32 bits per heavy atom. The summed E-state index contributed by atoms with van der Waals surface area (Å²) in [7, 11) is 0. The van der Waals surface area contributed by atoms with Crippen molar-refractivity contribution in [3.63, 3.8) is 0 Å². The number of nitrogens with one attached hydrogen (secondary N) is 1. The van der Waals surface area contributed by atoms with Crippen LogP contribution in [-0.4, -0.2) is 19.7 Å². The van der Waals surface area contributed by atoms with E-state index >= 15 is 0 Å². The molecule has 0 aliphatic carbocycles. The summed E-state index contributed by atoms with van der Waals surface area (Å²) in [5, 5.41) is 3.73. The molecule has 0 aliphatic heterocycles. The summed E-state index contributed by atoms with van der Waals surface area (Å²) in [6, 6.07) is 4.55. The Morgan fingerprint density at radius 3 is 3.05 bits per heavy atom. The number of rotatable bonds is 3. The number of imidazole rings is 1. The van der Waals surface area contributed by atoms with Crippen LogP contribution in [0.1, 0.15) is 11.7 Å². The number of aryl methyl sites for hydroxylation is 3. The van der Waals surface area contributed by atoms with E-state index in [4.69, 9.17) is 16.7 Å². The zero-order valence-corrected chi connectivity index (χ0v) is 11.0. The van der Waals surface area contributed by atoms with E-state index in [2.05, 4.69) is 15.1 Å². The lowest BCUT2D eigenvalue weighted by Gasteiger charge is -2.01. The first kappa shape index (κ1) is 12.0. The minimum Gasteiger partial charge on any atom is -0.339 e. The van der Waals surface area contributed by atoms with Gasteiger partial charge in [-0.15, -0.1) is 0 Å². The lowest BCUT2D eigenvalue weighted by Crippen LogP contribution is -2.01. The molecule has 98 valence electrons. The molecule has 0 saturated carbocycles. The van der Waals surface area contributed by atoms with Crippen molar-refractivity contribution in [2.24, 2.45) is 0 Å².